The quantitative estimate of drug-likeness (QED) is 0.200. The Bertz CT molecular complexity index is 2120. The monoisotopic (exact) mass is 683 g/mol. The Kier molecular flexibility index (Phi) is 6.61. The lowest BCUT2D eigenvalue weighted by atomic mass is 9.69. The number of imide groups is 1. The Morgan fingerprint density at radius 1 is 0.891 bits per heavy atom. The van der Waals surface area contributed by atoms with Crippen LogP contribution in [0.5, 0.6) is 0 Å². The highest BCUT2D eigenvalue weighted by molar-refractivity contribution is 8.00. The van der Waals surface area contributed by atoms with E-state index in [0.717, 1.165) is 32.0 Å². The number of thioether (sulfide) groups is 1. The van der Waals surface area contributed by atoms with Gasteiger partial charge in [0.05, 0.1) is 22.5 Å². The number of hydrogen-bond donors (Lipinski definition) is 1. The summed E-state index contributed by atoms with van der Waals surface area (Å²) in [5.41, 5.74) is 1.27. The molecule has 230 valence electrons. The molecule has 9 rings (SSSR count). The van der Waals surface area contributed by atoms with E-state index in [-0.39, 0.29) is 69.9 Å². The summed E-state index contributed by atoms with van der Waals surface area (Å²) in [4.78, 5) is 58.3. The summed E-state index contributed by atoms with van der Waals surface area (Å²) in [7, 11) is 0. The van der Waals surface area contributed by atoms with Crippen LogP contribution in [0.1, 0.15) is 22.1 Å². The zero-order valence-corrected chi connectivity index (χ0v) is 27.4. The molecule has 3 aromatic carbocycles. The van der Waals surface area contributed by atoms with Gasteiger partial charge in [-0.25, -0.2) is 0 Å². The number of rotatable bonds is 5. The van der Waals surface area contributed by atoms with Gasteiger partial charge in [-0.2, -0.15) is 0 Å². The van der Waals surface area contributed by atoms with Crippen LogP contribution in [-0.4, -0.2) is 27.5 Å². The van der Waals surface area contributed by atoms with Crippen LogP contribution in [-0.2, 0) is 20.9 Å². The van der Waals surface area contributed by atoms with E-state index in [0.29, 0.717) is 16.4 Å². The smallest absolute Gasteiger partial charge is 0.308 e. The summed E-state index contributed by atoms with van der Waals surface area (Å²) in [6.45, 7) is -0.0999. The summed E-state index contributed by atoms with van der Waals surface area (Å²) < 4.78 is 1.62. The predicted octanol–water partition coefficient (Wildman–Crippen LogP) is 7.09. The molecule has 2 aromatic heterocycles. The lowest BCUT2D eigenvalue weighted by Gasteiger charge is -2.42. The normalized spacial score (nSPS) is 27.6. The molecule has 0 radical (unpaired) electrons. The number of amides is 3. The van der Waals surface area contributed by atoms with Gasteiger partial charge in [0.1, 0.15) is 6.54 Å². The molecule has 2 aliphatic carbocycles. The van der Waals surface area contributed by atoms with E-state index >= 15 is 0 Å². The molecule has 7 nitrogen and oxygen atoms in total. The molecule has 4 aliphatic rings. The molecule has 2 bridgehead atoms. The van der Waals surface area contributed by atoms with E-state index in [1.165, 1.54) is 16.2 Å². The fourth-order valence-corrected chi connectivity index (χ4v) is 12.8. The number of fused-ring (bicyclic) bond motifs is 10. The average molecular weight is 684 g/mol. The highest BCUT2D eigenvalue weighted by Crippen LogP contribution is 2.69. The van der Waals surface area contributed by atoms with Crippen molar-refractivity contribution < 1.29 is 14.4 Å². The van der Waals surface area contributed by atoms with Crippen molar-refractivity contribution in [3.05, 3.63) is 109 Å². The molecular weight excluding hydrogens is 658 g/mol. The van der Waals surface area contributed by atoms with Crippen molar-refractivity contribution >= 4 is 85.9 Å². The minimum absolute atomic E-state index is 0.00215. The first-order valence-electron chi connectivity index (χ1n) is 15.2. The number of thiophene rings is 1. The number of carbonyl (C=O) groups excluding carboxylic acids is 3. The van der Waals surface area contributed by atoms with E-state index in [1.807, 2.05) is 53.9 Å². The Morgan fingerprint density at radius 2 is 1.65 bits per heavy atom. The molecule has 1 saturated heterocycles. The Morgan fingerprint density at radius 3 is 2.43 bits per heavy atom. The van der Waals surface area contributed by atoms with Crippen molar-refractivity contribution in [1.82, 2.24) is 4.57 Å². The molecule has 1 N–H and O–H groups in total. The number of thiazole rings is 1. The SMILES string of the molecule is O=C(Cn1c2c(sc1=O)C(c1cccs1)C1C3CC(C1S2)C1C(=O)N(c2ccc(Cl)cc2)C(=O)C31)Nc1cccc2ccccc12. The third-order valence-electron chi connectivity index (χ3n) is 10.2. The first kappa shape index (κ1) is 28.5. The van der Waals surface area contributed by atoms with Crippen LogP contribution in [0.4, 0.5) is 11.4 Å². The van der Waals surface area contributed by atoms with E-state index in [9.17, 15) is 19.2 Å². The van der Waals surface area contributed by atoms with Gasteiger partial charge in [-0.15, -0.1) is 23.1 Å². The van der Waals surface area contributed by atoms with Crippen LogP contribution in [0.2, 0.25) is 5.02 Å². The van der Waals surface area contributed by atoms with Gasteiger partial charge in [0.25, 0.3) is 0 Å². The zero-order chi connectivity index (χ0) is 31.3. The van der Waals surface area contributed by atoms with Crippen molar-refractivity contribution in [2.75, 3.05) is 10.2 Å². The third-order valence-corrected chi connectivity index (χ3v) is 14.2. The zero-order valence-electron chi connectivity index (χ0n) is 24.2. The van der Waals surface area contributed by atoms with Gasteiger partial charge in [-0.3, -0.25) is 28.6 Å². The molecule has 46 heavy (non-hydrogen) atoms. The molecule has 0 spiro atoms. The van der Waals surface area contributed by atoms with E-state index < -0.39 is 0 Å². The number of nitrogens with zero attached hydrogens (tertiary/aromatic N) is 2. The average Bonchev–Trinajstić information content (AvgIpc) is 3.88. The van der Waals surface area contributed by atoms with E-state index in [4.69, 9.17) is 11.6 Å². The topological polar surface area (TPSA) is 88.5 Å². The number of hydrogen-bond acceptors (Lipinski definition) is 7. The second-order valence-corrected chi connectivity index (χ2v) is 16.0. The summed E-state index contributed by atoms with van der Waals surface area (Å²) >= 11 is 10.6. The first-order chi connectivity index (χ1) is 22.4. The van der Waals surface area contributed by atoms with E-state index in [2.05, 4.69) is 11.4 Å². The second kappa shape index (κ2) is 10.7. The molecule has 4 heterocycles. The molecule has 7 unspecified atom stereocenters. The first-order valence-corrected chi connectivity index (χ1v) is 18.2. The highest BCUT2D eigenvalue weighted by atomic mass is 35.5. The summed E-state index contributed by atoms with van der Waals surface area (Å²) in [6, 6.07) is 24.7. The largest absolute Gasteiger partial charge is 0.324 e. The minimum Gasteiger partial charge on any atom is -0.324 e. The Labute approximate surface area is 281 Å². The lowest BCUT2D eigenvalue weighted by molar-refractivity contribution is -0.123. The number of anilines is 2. The Balaban J connectivity index is 1.07. The van der Waals surface area contributed by atoms with Crippen LogP contribution in [0.15, 0.2) is 94.1 Å². The van der Waals surface area contributed by atoms with Crippen molar-refractivity contribution in [3.8, 4) is 0 Å². The number of carbonyl (C=O) groups is 3. The fourth-order valence-electron chi connectivity index (χ4n) is 8.55. The molecule has 7 atom stereocenters. The summed E-state index contributed by atoms with van der Waals surface area (Å²) in [6.07, 6.45) is 0.812. The van der Waals surface area contributed by atoms with Gasteiger partial charge in [0, 0.05) is 37.0 Å². The number of aromatic nitrogens is 1. The van der Waals surface area contributed by atoms with Crippen LogP contribution < -0.4 is 15.1 Å². The van der Waals surface area contributed by atoms with Gasteiger partial charge < -0.3 is 5.32 Å². The molecule has 11 heteroatoms. The maximum atomic E-state index is 14.0. The molecule has 2 aliphatic heterocycles. The van der Waals surface area contributed by atoms with Gasteiger partial charge in [-0.05, 0) is 71.3 Å². The standard InChI is InChI=1S/C35H26ClN3O4S3/c36-18-10-12-19(13-11-18)39-32(41)27-21-15-22(28(27)33(39)42)30-26(21)29(24-9-4-14-44-24)31-34(45-30)38(35(43)46-31)16-25(40)37-23-8-3-6-17-5-1-2-7-20(17)23/h1-14,21-22,26-30H,15-16H2,(H,37,40). The molecule has 3 fully saturated rings. The maximum Gasteiger partial charge on any atom is 0.308 e. The van der Waals surface area contributed by atoms with Gasteiger partial charge >= 0.3 is 4.87 Å². The third kappa shape index (κ3) is 4.16. The fraction of sp³-hybridized carbons (Fsp3) is 0.257. The molecule has 3 amide bonds. The van der Waals surface area contributed by atoms with Crippen LogP contribution >= 0.6 is 46.0 Å². The number of benzene rings is 3. The maximum absolute atomic E-state index is 14.0. The van der Waals surface area contributed by atoms with Gasteiger partial charge in [0.2, 0.25) is 17.7 Å². The number of halogens is 1. The van der Waals surface area contributed by atoms with E-state index in [1.54, 1.807) is 51.9 Å². The van der Waals surface area contributed by atoms with Gasteiger partial charge in [0.15, 0.2) is 0 Å². The van der Waals surface area contributed by atoms with Crippen molar-refractivity contribution in [1.29, 1.82) is 0 Å². The van der Waals surface area contributed by atoms with Crippen molar-refractivity contribution in [2.45, 2.75) is 29.2 Å². The van der Waals surface area contributed by atoms with Gasteiger partial charge in [-0.1, -0.05) is 65.4 Å². The summed E-state index contributed by atoms with van der Waals surface area (Å²) in [5, 5.41) is 8.46. The van der Waals surface area contributed by atoms with Crippen molar-refractivity contribution in [3.63, 3.8) is 0 Å². The van der Waals surface area contributed by atoms with Crippen LogP contribution in [0.25, 0.3) is 10.8 Å². The van der Waals surface area contributed by atoms with Crippen molar-refractivity contribution in [2.24, 2.45) is 29.6 Å². The number of nitrogens with one attached hydrogen (secondary N) is 1. The van der Waals surface area contributed by atoms with Crippen LogP contribution in [0.3, 0.4) is 0 Å². The molecular formula is C35H26ClN3O4S3. The molecule has 2 saturated carbocycles. The predicted molar refractivity (Wildman–Crippen MR) is 183 cm³/mol. The summed E-state index contributed by atoms with van der Waals surface area (Å²) in [5.74, 6) is -1.21. The lowest BCUT2D eigenvalue weighted by Crippen LogP contribution is -2.43. The van der Waals surface area contributed by atoms with Crippen LogP contribution in [0, 0.1) is 29.6 Å². The second-order valence-electron chi connectivity index (χ2n) is 12.5. The molecule has 5 aromatic rings. The Hall–Kier alpha value is -3.70. The minimum atomic E-state index is -0.388. The highest BCUT2D eigenvalue weighted by Gasteiger charge is 2.70.